The number of guanidine groups is 1. The zero-order valence-corrected chi connectivity index (χ0v) is 16.7. The topological polar surface area (TPSA) is 36.9 Å². The molecule has 2 aromatic carbocycles. The monoisotopic (exact) mass is 365 g/mol. The lowest BCUT2D eigenvalue weighted by molar-refractivity contribution is 0.0510. The second-order valence-corrected chi connectivity index (χ2v) is 7.58. The van der Waals surface area contributed by atoms with E-state index in [9.17, 15) is 0 Å². The third-order valence-electron chi connectivity index (χ3n) is 5.43. The number of aryl methyl sites for hydroxylation is 1. The van der Waals surface area contributed by atoms with E-state index in [4.69, 9.17) is 9.73 Å². The molecule has 0 bridgehead atoms. The maximum absolute atomic E-state index is 5.68. The summed E-state index contributed by atoms with van der Waals surface area (Å²) in [4.78, 5) is 6.89. The van der Waals surface area contributed by atoms with Crippen molar-refractivity contribution < 1.29 is 4.74 Å². The fourth-order valence-corrected chi connectivity index (χ4v) is 3.82. The minimum atomic E-state index is 0.0904. The van der Waals surface area contributed by atoms with Crippen molar-refractivity contribution in [1.82, 2.24) is 10.2 Å². The zero-order chi connectivity index (χ0) is 19.1. The highest BCUT2D eigenvalue weighted by atomic mass is 16.5. The van der Waals surface area contributed by atoms with E-state index in [2.05, 4.69) is 65.7 Å². The highest BCUT2D eigenvalue weighted by Gasteiger charge is 2.35. The fraction of sp³-hybridized carbons (Fsp3) is 0.435. The van der Waals surface area contributed by atoms with Crippen molar-refractivity contribution in [3.05, 3.63) is 71.3 Å². The molecule has 0 unspecified atom stereocenters. The van der Waals surface area contributed by atoms with Crippen molar-refractivity contribution in [2.75, 3.05) is 33.9 Å². The molecule has 0 aromatic heterocycles. The number of hydrogen-bond acceptors (Lipinski definition) is 2. The van der Waals surface area contributed by atoms with Crippen LogP contribution in [-0.2, 0) is 16.7 Å². The summed E-state index contributed by atoms with van der Waals surface area (Å²) in [6.45, 7) is 5.39. The van der Waals surface area contributed by atoms with E-state index in [1.165, 1.54) is 16.7 Å². The minimum Gasteiger partial charge on any atom is -0.381 e. The zero-order valence-electron chi connectivity index (χ0n) is 16.7. The van der Waals surface area contributed by atoms with Gasteiger partial charge in [0, 0.05) is 39.3 Å². The molecule has 1 aliphatic rings. The average Bonchev–Trinajstić information content (AvgIpc) is 2.69. The van der Waals surface area contributed by atoms with E-state index in [-0.39, 0.29) is 5.41 Å². The number of benzene rings is 2. The molecule has 2 aromatic rings. The maximum atomic E-state index is 5.68. The van der Waals surface area contributed by atoms with Gasteiger partial charge in [0.15, 0.2) is 5.96 Å². The van der Waals surface area contributed by atoms with Gasteiger partial charge in [0.05, 0.1) is 6.54 Å². The Morgan fingerprint density at radius 2 is 1.70 bits per heavy atom. The molecule has 27 heavy (non-hydrogen) atoms. The molecule has 0 amide bonds. The van der Waals surface area contributed by atoms with Crippen molar-refractivity contribution in [1.29, 1.82) is 0 Å². The van der Waals surface area contributed by atoms with E-state index < -0.39 is 0 Å². The van der Waals surface area contributed by atoms with Crippen LogP contribution in [0.4, 0.5) is 0 Å². The van der Waals surface area contributed by atoms with Crippen molar-refractivity contribution in [3.63, 3.8) is 0 Å². The van der Waals surface area contributed by atoms with E-state index in [1.54, 1.807) is 0 Å². The van der Waals surface area contributed by atoms with Crippen molar-refractivity contribution in [2.45, 2.75) is 31.7 Å². The fourth-order valence-electron chi connectivity index (χ4n) is 3.82. The maximum Gasteiger partial charge on any atom is 0.193 e. The largest absolute Gasteiger partial charge is 0.381 e. The first-order valence-corrected chi connectivity index (χ1v) is 9.74. The van der Waals surface area contributed by atoms with Gasteiger partial charge in [-0.15, -0.1) is 0 Å². The molecular formula is C23H31N3O. The third kappa shape index (κ3) is 4.89. The predicted octanol–water partition coefficient (Wildman–Crippen LogP) is 3.75. The summed E-state index contributed by atoms with van der Waals surface area (Å²) in [5, 5.41) is 3.65. The van der Waals surface area contributed by atoms with Crippen LogP contribution in [0.3, 0.4) is 0 Å². The number of hydrogen-bond donors (Lipinski definition) is 1. The van der Waals surface area contributed by atoms with Gasteiger partial charge in [0.2, 0.25) is 0 Å². The van der Waals surface area contributed by atoms with Gasteiger partial charge in [-0.2, -0.15) is 0 Å². The van der Waals surface area contributed by atoms with Gasteiger partial charge in [-0.1, -0.05) is 54.6 Å². The summed E-state index contributed by atoms with van der Waals surface area (Å²) in [5.74, 6) is 0.929. The Morgan fingerprint density at radius 3 is 2.37 bits per heavy atom. The Kier molecular flexibility index (Phi) is 6.51. The molecule has 1 fully saturated rings. The number of aliphatic imine (C=N–C) groups is 1. The van der Waals surface area contributed by atoms with Crippen LogP contribution < -0.4 is 5.32 Å². The van der Waals surface area contributed by atoms with Crippen LogP contribution in [0.25, 0.3) is 0 Å². The summed E-state index contributed by atoms with van der Waals surface area (Å²) in [5.41, 5.74) is 4.10. The molecule has 4 heteroatoms. The summed E-state index contributed by atoms with van der Waals surface area (Å²) in [6.07, 6.45) is 2.06. The predicted molar refractivity (Wildman–Crippen MR) is 112 cm³/mol. The van der Waals surface area contributed by atoms with Gasteiger partial charge in [-0.05, 0) is 36.5 Å². The molecule has 0 radical (unpaired) electrons. The van der Waals surface area contributed by atoms with Crippen LogP contribution in [0, 0.1) is 6.92 Å². The lowest BCUT2D eigenvalue weighted by Gasteiger charge is -2.39. The number of rotatable bonds is 5. The van der Waals surface area contributed by atoms with Gasteiger partial charge in [0.1, 0.15) is 0 Å². The standard InChI is InChI=1S/C23H31N3O/c1-19-9-7-8-12-21(19)23(13-15-27-16-14-23)18-25-22(26(2)3)24-17-20-10-5-4-6-11-20/h4-12H,13-18H2,1-3H3,(H,24,25). The summed E-state index contributed by atoms with van der Waals surface area (Å²) >= 11 is 0. The van der Waals surface area contributed by atoms with Crippen molar-refractivity contribution in [2.24, 2.45) is 4.99 Å². The smallest absolute Gasteiger partial charge is 0.193 e. The molecule has 1 heterocycles. The molecule has 1 saturated heterocycles. The summed E-state index contributed by atoms with van der Waals surface area (Å²) in [6, 6.07) is 19.1. The Hall–Kier alpha value is -2.33. The number of nitrogens with zero attached hydrogens (tertiary/aromatic N) is 2. The average molecular weight is 366 g/mol. The second kappa shape index (κ2) is 9.05. The molecule has 144 valence electrons. The van der Waals surface area contributed by atoms with Crippen molar-refractivity contribution in [3.8, 4) is 0 Å². The number of ether oxygens (including phenoxy) is 1. The van der Waals surface area contributed by atoms with Crippen LogP contribution in [0.1, 0.15) is 29.5 Å². The molecule has 1 aliphatic heterocycles. The van der Waals surface area contributed by atoms with Gasteiger partial charge >= 0.3 is 0 Å². The lowest BCUT2D eigenvalue weighted by Crippen LogP contribution is -2.48. The first-order valence-electron chi connectivity index (χ1n) is 9.74. The third-order valence-corrected chi connectivity index (χ3v) is 5.43. The molecule has 0 saturated carbocycles. The van der Waals surface area contributed by atoms with Gasteiger partial charge in [0.25, 0.3) is 0 Å². The summed E-state index contributed by atoms with van der Waals surface area (Å²) < 4.78 is 5.68. The normalized spacial score (nSPS) is 16.8. The summed E-state index contributed by atoms with van der Waals surface area (Å²) in [7, 11) is 4.09. The molecule has 0 spiro atoms. The second-order valence-electron chi connectivity index (χ2n) is 7.58. The van der Waals surface area contributed by atoms with Crippen LogP contribution in [0.15, 0.2) is 59.6 Å². The Labute approximate surface area is 163 Å². The molecule has 1 N–H and O–H groups in total. The van der Waals surface area contributed by atoms with Crippen LogP contribution in [-0.4, -0.2) is 44.7 Å². The van der Waals surface area contributed by atoms with Crippen LogP contribution in [0.5, 0.6) is 0 Å². The quantitative estimate of drug-likeness (QED) is 0.648. The Morgan fingerprint density at radius 1 is 1.04 bits per heavy atom. The van der Waals surface area contributed by atoms with E-state index in [0.29, 0.717) is 6.54 Å². The first-order chi connectivity index (χ1) is 13.1. The molecule has 3 rings (SSSR count). The van der Waals surface area contributed by atoms with Crippen LogP contribution in [0.2, 0.25) is 0 Å². The lowest BCUT2D eigenvalue weighted by atomic mass is 9.72. The first kappa shape index (κ1) is 19.4. The van der Waals surface area contributed by atoms with Gasteiger partial charge in [-0.3, -0.25) is 0 Å². The van der Waals surface area contributed by atoms with Crippen LogP contribution >= 0.6 is 0 Å². The molecule has 0 atom stereocenters. The van der Waals surface area contributed by atoms with Gasteiger partial charge in [-0.25, -0.2) is 4.99 Å². The minimum absolute atomic E-state index is 0.0904. The molecular weight excluding hydrogens is 334 g/mol. The highest BCUT2D eigenvalue weighted by molar-refractivity contribution is 5.79. The Bertz CT molecular complexity index is 749. The van der Waals surface area contributed by atoms with E-state index >= 15 is 0 Å². The highest BCUT2D eigenvalue weighted by Crippen LogP contribution is 2.36. The SMILES string of the molecule is Cc1ccccc1C1(CNC(=NCc2ccccc2)N(C)C)CCOCC1. The molecule has 4 nitrogen and oxygen atoms in total. The van der Waals surface area contributed by atoms with E-state index in [0.717, 1.165) is 38.6 Å². The van der Waals surface area contributed by atoms with Crippen molar-refractivity contribution >= 4 is 5.96 Å². The molecule has 0 aliphatic carbocycles. The van der Waals surface area contributed by atoms with Gasteiger partial charge < -0.3 is 15.0 Å². The Balaban J connectivity index is 1.77. The number of nitrogens with one attached hydrogen (secondary N) is 1. The van der Waals surface area contributed by atoms with E-state index in [1.807, 2.05) is 20.2 Å².